The molecule has 2 bridgehead atoms. The van der Waals surface area contributed by atoms with E-state index in [2.05, 4.69) is 61.6 Å². The van der Waals surface area contributed by atoms with Gasteiger partial charge in [-0.15, -0.1) is 0 Å². The van der Waals surface area contributed by atoms with Gasteiger partial charge in [0.15, 0.2) is 13.9 Å². The van der Waals surface area contributed by atoms with Gasteiger partial charge in [-0.05, 0) is 47.5 Å². The Morgan fingerprint density at radius 2 is 1.64 bits per heavy atom. The van der Waals surface area contributed by atoms with Gasteiger partial charge in [-0.2, -0.15) is 0 Å². The lowest BCUT2D eigenvalue weighted by Gasteiger charge is -2.70. The lowest BCUT2D eigenvalue weighted by Crippen LogP contribution is -2.82. The van der Waals surface area contributed by atoms with E-state index in [9.17, 15) is 19.5 Å². The summed E-state index contributed by atoms with van der Waals surface area (Å²) in [5, 5.41) is 11.9. The normalized spacial score (nSPS) is 45.0. The first-order valence-corrected chi connectivity index (χ1v) is 21.3. The Morgan fingerprint density at radius 3 is 2.18 bits per heavy atom. The van der Waals surface area contributed by atoms with Crippen molar-refractivity contribution in [2.75, 3.05) is 6.61 Å². The summed E-state index contributed by atoms with van der Waals surface area (Å²) in [6.07, 6.45) is -4.02. The molecule has 2 heterocycles. The molecular weight excluding hydrogens is 657 g/mol. The Balaban J connectivity index is 1.53. The molecule has 10 nitrogen and oxygen atoms in total. The van der Waals surface area contributed by atoms with Crippen LogP contribution in [-0.4, -0.2) is 85.8 Å². The predicted molar refractivity (Wildman–Crippen MR) is 185 cm³/mol. The van der Waals surface area contributed by atoms with Crippen LogP contribution >= 0.6 is 0 Å². The number of esters is 3. The maximum Gasteiger partial charge on any atom is 0.338 e. The maximum atomic E-state index is 14.3. The van der Waals surface area contributed by atoms with E-state index in [-0.39, 0.29) is 23.5 Å². The molecule has 1 N–H and O–H groups in total. The fourth-order valence-corrected chi connectivity index (χ4v) is 15.2. The van der Waals surface area contributed by atoms with Crippen LogP contribution in [-0.2, 0) is 37.7 Å². The lowest BCUT2D eigenvalue weighted by molar-refractivity contribution is -0.407. The van der Waals surface area contributed by atoms with Gasteiger partial charge in [-0.25, -0.2) is 4.79 Å². The second kappa shape index (κ2) is 10.9. The molecule has 1 aromatic rings. The molecule has 6 aliphatic rings. The number of fused-ring (bicyclic) bond motifs is 4. The second-order valence-corrected chi connectivity index (χ2v) is 22.8. The zero-order valence-corrected chi connectivity index (χ0v) is 32.7. The molecule has 0 radical (unpaired) electrons. The first kappa shape index (κ1) is 36.1. The van der Waals surface area contributed by atoms with Crippen LogP contribution in [0.2, 0.25) is 18.1 Å². The van der Waals surface area contributed by atoms with Crippen molar-refractivity contribution in [3.05, 3.63) is 35.9 Å². The summed E-state index contributed by atoms with van der Waals surface area (Å²) in [6, 6.07) is 8.85. The minimum atomic E-state index is -2.57. The van der Waals surface area contributed by atoms with E-state index in [0.29, 0.717) is 17.9 Å². The molecule has 0 unspecified atom stereocenters. The van der Waals surface area contributed by atoms with Crippen molar-refractivity contribution in [3.8, 4) is 0 Å². The molecule has 0 amide bonds. The van der Waals surface area contributed by atoms with Crippen LogP contribution in [0.5, 0.6) is 0 Å². The molecule has 13 atom stereocenters. The van der Waals surface area contributed by atoms with Crippen molar-refractivity contribution in [2.24, 2.45) is 39.9 Å². The Labute approximate surface area is 297 Å². The summed E-state index contributed by atoms with van der Waals surface area (Å²) in [4.78, 5) is 40.6. The van der Waals surface area contributed by atoms with Crippen molar-refractivity contribution in [1.82, 2.24) is 0 Å². The van der Waals surface area contributed by atoms with Crippen molar-refractivity contribution in [3.63, 3.8) is 0 Å². The lowest BCUT2D eigenvalue weighted by atomic mass is 9.46. The number of benzene rings is 1. The van der Waals surface area contributed by atoms with Crippen molar-refractivity contribution in [1.29, 1.82) is 0 Å². The zero-order chi connectivity index (χ0) is 36.8. The second-order valence-electron chi connectivity index (χ2n) is 18.3. The quantitative estimate of drug-likeness (QED) is 0.204. The maximum absolute atomic E-state index is 14.3. The SMILES string of the molecule is CC(=O)O[C@@H]1[C@H]2[C@@H](C)[C@@H](O)[C@H]3O[C@@]14[C@]1(C)[C@@H](O[Si](C)(C)C(C)(C)C(C)C)C[C@H]5OC[C@@]5(OC(C)=O)[C@H]1[C@H](OC(=O)c1ccccc1)[C@]34C2(C)C. The topological polar surface area (TPSA) is 127 Å². The molecular formula is C39H56O10Si. The van der Waals surface area contributed by atoms with Crippen molar-refractivity contribution < 1.29 is 47.6 Å². The van der Waals surface area contributed by atoms with Gasteiger partial charge in [-0.1, -0.05) is 73.6 Å². The van der Waals surface area contributed by atoms with Gasteiger partial charge in [0.2, 0.25) is 0 Å². The van der Waals surface area contributed by atoms with Crippen LogP contribution < -0.4 is 0 Å². The summed E-state index contributed by atoms with van der Waals surface area (Å²) in [5.74, 6) is -2.43. The van der Waals surface area contributed by atoms with Gasteiger partial charge in [0.05, 0.1) is 41.8 Å². The van der Waals surface area contributed by atoms with Crippen LogP contribution in [0.1, 0.15) is 86.0 Å². The van der Waals surface area contributed by atoms with Crippen LogP contribution in [0.3, 0.4) is 0 Å². The molecule has 1 aromatic carbocycles. The number of carbonyl (C=O) groups excluding carboxylic acids is 3. The van der Waals surface area contributed by atoms with Gasteiger partial charge in [0.1, 0.15) is 23.9 Å². The Hall–Kier alpha value is -2.31. The Morgan fingerprint density at radius 1 is 1.00 bits per heavy atom. The molecule has 2 aliphatic heterocycles. The van der Waals surface area contributed by atoms with Crippen LogP contribution in [0.4, 0.5) is 0 Å². The average molecular weight is 713 g/mol. The number of rotatable bonds is 8. The highest BCUT2D eigenvalue weighted by molar-refractivity contribution is 6.74. The largest absolute Gasteiger partial charge is 0.459 e. The molecule has 7 rings (SSSR count). The van der Waals surface area contributed by atoms with E-state index in [4.69, 9.17) is 28.1 Å². The molecule has 4 aliphatic carbocycles. The van der Waals surface area contributed by atoms with Crippen LogP contribution in [0, 0.1) is 39.9 Å². The monoisotopic (exact) mass is 712 g/mol. The number of carbonyl (C=O) groups is 3. The molecule has 6 fully saturated rings. The zero-order valence-electron chi connectivity index (χ0n) is 31.7. The minimum Gasteiger partial charge on any atom is -0.459 e. The van der Waals surface area contributed by atoms with Crippen LogP contribution in [0.25, 0.3) is 0 Å². The van der Waals surface area contributed by atoms with Crippen LogP contribution in [0.15, 0.2) is 30.3 Å². The van der Waals surface area contributed by atoms with Gasteiger partial charge >= 0.3 is 17.9 Å². The van der Waals surface area contributed by atoms with E-state index < -0.39 is 96.2 Å². The molecule has 276 valence electrons. The van der Waals surface area contributed by atoms with E-state index in [1.165, 1.54) is 13.8 Å². The fraction of sp³-hybridized carbons (Fsp3) is 0.769. The number of hydrogen-bond donors (Lipinski definition) is 1. The van der Waals surface area contributed by atoms with Gasteiger partial charge in [0, 0.05) is 31.6 Å². The van der Waals surface area contributed by atoms with Gasteiger partial charge in [0.25, 0.3) is 0 Å². The molecule has 0 aromatic heterocycles. The highest BCUT2D eigenvalue weighted by Gasteiger charge is 3.02. The number of aliphatic hydroxyl groups excluding tert-OH is 1. The molecule has 4 saturated carbocycles. The average Bonchev–Trinajstić information content (AvgIpc) is 3.11. The number of aliphatic hydroxyl groups is 1. The summed E-state index contributed by atoms with van der Waals surface area (Å²) in [6.45, 7) is 24.7. The summed E-state index contributed by atoms with van der Waals surface area (Å²) >= 11 is 0. The van der Waals surface area contributed by atoms with Gasteiger partial charge in [-0.3, -0.25) is 9.59 Å². The first-order valence-electron chi connectivity index (χ1n) is 18.4. The molecule has 2 saturated heterocycles. The molecule has 11 heteroatoms. The third-order valence-electron chi connectivity index (χ3n) is 15.6. The highest BCUT2D eigenvalue weighted by Crippen LogP contribution is 2.89. The summed E-state index contributed by atoms with van der Waals surface area (Å²) in [7, 11) is -2.57. The minimum absolute atomic E-state index is 0.111. The number of hydrogen-bond acceptors (Lipinski definition) is 10. The third-order valence-corrected chi connectivity index (χ3v) is 20.2. The Bertz CT molecular complexity index is 1590. The molecule has 50 heavy (non-hydrogen) atoms. The van der Waals surface area contributed by atoms with E-state index >= 15 is 0 Å². The number of ether oxygens (including phenoxy) is 5. The van der Waals surface area contributed by atoms with E-state index in [1.807, 2.05) is 13.0 Å². The summed E-state index contributed by atoms with van der Waals surface area (Å²) < 4.78 is 40.9. The van der Waals surface area contributed by atoms with E-state index in [1.54, 1.807) is 24.3 Å². The summed E-state index contributed by atoms with van der Waals surface area (Å²) in [5.41, 5.74) is -4.80. The third kappa shape index (κ3) is 3.91. The Kier molecular flexibility index (Phi) is 7.84. The predicted octanol–water partition coefficient (Wildman–Crippen LogP) is 5.70. The highest BCUT2D eigenvalue weighted by atomic mass is 28.4. The first-order chi connectivity index (χ1) is 23.1. The molecule has 1 spiro atoms. The van der Waals surface area contributed by atoms with Crippen molar-refractivity contribution >= 4 is 26.2 Å². The van der Waals surface area contributed by atoms with E-state index in [0.717, 1.165) is 0 Å². The standard InChI is InChI=1S/C39H56O10Si/c1-20(2)35(8,9)50(11,12)49-25-18-26-37(19-44-26,47-23(5)41)29-32(46-33(43)24-16-14-13-15-17-24)38-31-28(42)21(3)27(34(38,6)7)30(45-22(4)40)39(38,48-31)36(25,29)10/h13-17,20-21,25-32,42H,18-19H2,1-12H3/t21-,25+,26-,27-,28-,29+,30-,31-,32+,36-,37+,38+,39-/m1/s1. The van der Waals surface area contributed by atoms with Crippen molar-refractivity contribution in [2.45, 2.75) is 142 Å². The van der Waals surface area contributed by atoms with Gasteiger partial charge < -0.3 is 33.2 Å². The fourth-order valence-electron chi connectivity index (χ4n) is 12.4. The smallest absolute Gasteiger partial charge is 0.338 e.